The molecule has 4 rings (SSSR count). The standard InChI is InChI=1S/C27H28N4O7/c1-4-35-24-10-7-19(13-26(24)36-5-2)15-30-16-20(14-28-30)29-27(32)25-11-8-21(38-25)17-37-23-9-6-18(3)12-22(23)31(33)34/h6-14,16H,4-5,15,17H2,1-3H3,(H,29,32). The van der Waals surface area contributed by atoms with Crippen LogP contribution in [-0.2, 0) is 13.2 Å². The van der Waals surface area contributed by atoms with Crippen molar-refractivity contribution < 1.29 is 28.3 Å². The first-order valence-electron chi connectivity index (χ1n) is 12.0. The minimum atomic E-state index is -0.503. The van der Waals surface area contributed by atoms with Crippen LogP contribution >= 0.6 is 0 Å². The van der Waals surface area contributed by atoms with E-state index in [2.05, 4.69) is 10.4 Å². The van der Waals surface area contributed by atoms with Gasteiger partial charge in [-0.3, -0.25) is 19.6 Å². The molecular formula is C27H28N4O7. The van der Waals surface area contributed by atoms with E-state index in [4.69, 9.17) is 18.6 Å². The van der Waals surface area contributed by atoms with Gasteiger partial charge in [-0.25, -0.2) is 0 Å². The van der Waals surface area contributed by atoms with Gasteiger partial charge in [0.2, 0.25) is 0 Å². The van der Waals surface area contributed by atoms with Crippen molar-refractivity contribution in [2.24, 2.45) is 0 Å². The topological polar surface area (TPSA) is 131 Å². The Balaban J connectivity index is 1.35. The molecule has 0 aliphatic heterocycles. The highest BCUT2D eigenvalue weighted by Gasteiger charge is 2.17. The predicted molar refractivity (Wildman–Crippen MR) is 139 cm³/mol. The minimum Gasteiger partial charge on any atom is -0.490 e. The van der Waals surface area contributed by atoms with E-state index in [-0.39, 0.29) is 23.8 Å². The van der Waals surface area contributed by atoms with E-state index in [1.807, 2.05) is 32.0 Å². The summed E-state index contributed by atoms with van der Waals surface area (Å²) >= 11 is 0. The minimum absolute atomic E-state index is 0.0685. The Morgan fingerprint density at radius 1 is 1.03 bits per heavy atom. The Morgan fingerprint density at radius 3 is 2.55 bits per heavy atom. The quantitative estimate of drug-likeness (QED) is 0.195. The van der Waals surface area contributed by atoms with Crippen LogP contribution < -0.4 is 19.5 Å². The van der Waals surface area contributed by atoms with E-state index < -0.39 is 10.8 Å². The van der Waals surface area contributed by atoms with Crippen LogP contribution in [0.2, 0.25) is 0 Å². The summed E-state index contributed by atoms with van der Waals surface area (Å²) in [7, 11) is 0. The number of ether oxygens (including phenoxy) is 3. The molecule has 11 heteroatoms. The number of furan rings is 1. The number of anilines is 1. The van der Waals surface area contributed by atoms with Crippen LogP contribution in [-0.4, -0.2) is 33.8 Å². The summed E-state index contributed by atoms with van der Waals surface area (Å²) in [6, 6.07) is 13.5. The van der Waals surface area contributed by atoms with E-state index in [1.54, 1.807) is 36.1 Å². The van der Waals surface area contributed by atoms with Crippen molar-refractivity contribution in [3.05, 3.63) is 93.7 Å². The molecule has 198 valence electrons. The number of nitrogens with zero attached hydrogens (tertiary/aromatic N) is 3. The van der Waals surface area contributed by atoms with Crippen LogP contribution in [0.25, 0.3) is 0 Å². The van der Waals surface area contributed by atoms with Crippen molar-refractivity contribution in [1.82, 2.24) is 9.78 Å². The number of benzene rings is 2. The lowest BCUT2D eigenvalue weighted by molar-refractivity contribution is -0.386. The fourth-order valence-corrected chi connectivity index (χ4v) is 3.71. The molecule has 0 radical (unpaired) electrons. The number of rotatable bonds is 12. The largest absolute Gasteiger partial charge is 0.490 e. The van der Waals surface area contributed by atoms with Crippen molar-refractivity contribution in [3.8, 4) is 17.2 Å². The first-order valence-corrected chi connectivity index (χ1v) is 12.0. The molecule has 0 bridgehead atoms. The van der Waals surface area contributed by atoms with Crippen molar-refractivity contribution >= 4 is 17.3 Å². The molecule has 2 aromatic heterocycles. The molecule has 38 heavy (non-hydrogen) atoms. The maximum Gasteiger partial charge on any atom is 0.311 e. The van der Waals surface area contributed by atoms with Gasteiger partial charge in [-0.05, 0) is 62.2 Å². The van der Waals surface area contributed by atoms with Gasteiger partial charge < -0.3 is 23.9 Å². The number of aromatic nitrogens is 2. The van der Waals surface area contributed by atoms with E-state index in [1.165, 1.54) is 18.2 Å². The third-order valence-electron chi connectivity index (χ3n) is 5.41. The summed E-state index contributed by atoms with van der Waals surface area (Å²) in [5.41, 5.74) is 2.07. The molecule has 0 saturated heterocycles. The molecule has 2 aromatic carbocycles. The van der Waals surface area contributed by atoms with Crippen molar-refractivity contribution in [3.63, 3.8) is 0 Å². The van der Waals surface area contributed by atoms with Gasteiger partial charge in [0.25, 0.3) is 5.91 Å². The van der Waals surface area contributed by atoms with Crippen molar-refractivity contribution in [1.29, 1.82) is 0 Å². The van der Waals surface area contributed by atoms with E-state index in [0.29, 0.717) is 42.7 Å². The highest BCUT2D eigenvalue weighted by molar-refractivity contribution is 6.02. The molecule has 0 aliphatic rings. The Morgan fingerprint density at radius 2 is 1.79 bits per heavy atom. The maximum atomic E-state index is 12.7. The number of carbonyl (C=O) groups excluding carboxylic acids is 1. The van der Waals surface area contributed by atoms with Gasteiger partial charge in [0.05, 0.1) is 36.6 Å². The molecule has 0 fully saturated rings. The van der Waals surface area contributed by atoms with Crippen LogP contribution in [0.15, 0.2) is 65.3 Å². The van der Waals surface area contributed by atoms with Crippen LogP contribution in [0.1, 0.15) is 41.3 Å². The molecular weight excluding hydrogens is 492 g/mol. The molecule has 1 N–H and O–H groups in total. The van der Waals surface area contributed by atoms with Gasteiger partial charge in [-0.1, -0.05) is 12.1 Å². The van der Waals surface area contributed by atoms with Crippen LogP contribution in [0, 0.1) is 17.0 Å². The predicted octanol–water partition coefficient (Wildman–Crippen LogP) is 5.37. The molecule has 0 spiro atoms. The average Bonchev–Trinajstić information content (AvgIpc) is 3.54. The number of hydrogen-bond donors (Lipinski definition) is 1. The van der Waals surface area contributed by atoms with Crippen LogP contribution in [0.3, 0.4) is 0 Å². The molecule has 0 aliphatic carbocycles. The SMILES string of the molecule is CCOc1ccc(Cn2cc(NC(=O)c3ccc(COc4ccc(C)cc4[N+](=O)[O-])o3)cn2)cc1OCC. The van der Waals surface area contributed by atoms with Crippen LogP contribution in [0.4, 0.5) is 11.4 Å². The highest BCUT2D eigenvalue weighted by atomic mass is 16.6. The molecule has 0 unspecified atom stereocenters. The average molecular weight is 521 g/mol. The maximum absolute atomic E-state index is 12.7. The molecule has 1 amide bonds. The Kier molecular flexibility index (Phi) is 8.27. The van der Waals surface area contributed by atoms with E-state index in [9.17, 15) is 14.9 Å². The number of nitro groups is 1. The Labute approximate surface area is 219 Å². The Hall–Kier alpha value is -4.80. The van der Waals surface area contributed by atoms with Gasteiger partial charge in [0, 0.05) is 12.3 Å². The second kappa shape index (κ2) is 12.0. The van der Waals surface area contributed by atoms with E-state index >= 15 is 0 Å². The lowest BCUT2D eigenvalue weighted by atomic mass is 10.2. The zero-order valence-electron chi connectivity index (χ0n) is 21.3. The normalized spacial score (nSPS) is 10.7. The van der Waals surface area contributed by atoms with Gasteiger partial charge in [0.15, 0.2) is 23.0 Å². The molecule has 4 aromatic rings. The molecule has 0 saturated carbocycles. The lowest BCUT2D eigenvalue weighted by Crippen LogP contribution is -2.10. The first-order chi connectivity index (χ1) is 18.4. The summed E-state index contributed by atoms with van der Waals surface area (Å²) in [5, 5.41) is 18.3. The second-order valence-electron chi connectivity index (χ2n) is 8.31. The molecule has 11 nitrogen and oxygen atoms in total. The summed E-state index contributed by atoms with van der Waals surface area (Å²) < 4.78 is 24.1. The van der Waals surface area contributed by atoms with Crippen molar-refractivity contribution in [2.45, 2.75) is 33.9 Å². The smallest absolute Gasteiger partial charge is 0.311 e. The number of nitrogens with one attached hydrogen (secondary N) is 1. The van der Waals surface area contributed by atoms with Crippen LogP contribution in [0.5, 0.6) is 17.2 Å². The van der Waals surface area contributed by atoms with Gasteiger partial charge in [-0.2, -0.15) is 5.10 Å². The van der Waals surface area contributed by atoms with E-state index in [0.717, 1.165) is 11.1 Å². The fraction of sp³-hybridized carbons (Fsp3) is 0.259. The first kappa shape index (κ1) is 26.3. The number of hydrogen-bond acceptors (Lipinski definition) is 8. The zero-order chi connectivity index (χ0) is 27.1. The monoisotopic (exact) mass is 520 g/mol. The number of carbonyl (C=O) groups is 1. The van der Waals surface area contributed by atoms with Gasteiger partial charge in [0.1, 0.15) is 12.4 Å². The second-order valence-corrected chi connectivity index (χ2v) is 8.31. The number of aryl methyl sites for hydroxylation is 1. The summed E-state index contributed by atoms with van der Waals surface area (Å²) in [5.74, 6) is 1.44. The van der Waals surface area contributed by atoms with Gasteiger partial charge in [-0.15, -0.1) is 0 Å². The van der Waals surface area contributed by atoms with Gasteiger partial charge >= 0.3 is 5.69 Å². The summed E-state index contributed by atoms with van der Waals surface area (Å²) in [6.07, 6.45) is 3.25. The Bertz CT molecular complexity index is 1430. The zero-order valence-corrected chi connectivity index (χ0v) is 21.3. The lowest BCUT2D eigenvalue weighted by Gasteiger charge is -2.12. The molecule has 0 atom stereocenters. The molecule has 2 heterocycles. The van der Waals surface area contributed by atoms with Crippen molar-refractivity contribution in [2.75, 3.05) is 18.5 Å². The summed E-state index contributed by atoms with van der Waals surface area (Å²) in [4.78, 5) is 23.4. The summed E-state index contributed by atoms with van der Waals surface area (Å²) in [6.45, 7) is 7.05. The third kappa shape index (κ3) is 6.49. The number of nitro benzene ring substituents is 1. The third-order valence-corrected chi connectivity index (χ3v) is 5.41. The number of amides is 1. The fourth-order valence-electron chi connectivity index (χ4n) is 3.71. The highest BCUT2D eigenvalue weighted by Crippen LogP contribution is 2.30.